The van der Waals surface area contributed by atoms with Crippen LogP contribution >= 0.6 is 0 Å². The van der Waals surface area contributed by atoms with Gasteiger partial charge in [0.25, 0.3) is 5.91 Å². The molecule has 1 aliphatic rings. The first kappa shape index (κ1) is 27.4. The van der Waals surface area contributed by atoms with Crippen molar-refractivity contribution in [1.82, 2.24) is 19.6 Å². The smallest absolute Gasteiger partial charge is 0.261 e. The van der Waals surface area contributed by atoms with Gasteiger partial charge in [-0.3, -0.25) is 4.79 Å². The molecule has 6 aromatic rings. The molecule has 1 aliphatic carbocycles. The minimum Gasteiger partial charge on any atom is -0.327 e. The summed E-state index contributed by atoms with van der Waals surface area (Å²) in [5, 5.41) is 10.8. The standard InChI is InChI=1S/C34H27F2N7O/c35-26-7-4-8-27(36)30(26)33(44)39-24-6-3-5-21(18-24)32-31(29-9-1-2-16-43(29)42-32)28-14-15-38-34(41-28)40-25-13-11-20-10-12-23(37)17-22(20)19-25/h1-9,11,13-16,18-19,23H,10,12,17,37H2,(H,39,44)(H,38,40,41). The topological polar surface area (TPSA) is 110 Å². The highest BCUT2D eigenvalue weighted by Gasteiger charge is 2.21. The molecule has 218 valence electrons. The second-order valence-electron chi connectivity index (χ2n) is 10.8. The average Bonchev–Trinajstić information content (AvgIpc) is 3.41. The molecular formula is C34H27F2N7O. The van der Waals surface area contributed by atoms with Gasteiger partial charge < -0.3 is 16.4 Å². The summed E-state index contributed by atoms with van der Waals surface area (Å²) in [5.41, 5.74) is 12.9. The molecule has 0 spiro atoms. The monoisotopic (exact) mass is 587 g/mol. The second kappa shape index (κ2) is 11.3. The number of nitrogens with one attached hydrogen (secondary N) is 2. The summed E-state index contributed by atoms with van der Waals surface area (Å²) >= 11 is 0. The van der Waals surface area contributed by atoms with Gasteiger partial charge in [-0.25, -0.2) is 23.3 Å². The van der Waals surface area contributed by atoms with Crippen LogP contribution in [0.2, 0.25) is 0 Å². The predicted molar refractivity (Wildman–Crippen MR) is 166 cm³/mol. The second-order valence-corrected chi connectivity index (χ2v) is 10.8. The number of hydrogen-bond acceptors (Lipinski definition) is 6. The van der Waals surface area contributed by atoms with E-state index in [1.165, 1.54) is 17.2 Å². The normalized spacial score (nSPS) is 14.3. The maximum Gasteiger partial charge on any atom is 0.261 e. The van der Waals surface area contributed by atoms with Crippen molar-refractivity contribution in [2.75, 3.05) is 10.6 Å². The Balaban J connectivity index is 1.24. The van der Waals surface area contributed by atoms with Gasteiger partial charge in [-0.2, -0.15) is 5.10 Å². The van der Waals surface area contributed by atoms with Crippen molar-refractivity contribution in [1.29, 1.82) is 0 Å². The van der Waals surface area contributed by atoms with E-state index in [2.05, 4.69) is 27.8 Å². The Bertz CT molecular complexity index is 2020. The van der Waals surface area contributed by atoms with Crippen molar-refractivity contribution in [3.63, 3.8) is 0 Å². The molecule has 10 heteroatoms. The van der Waals surface area contributed by atoms with Gasteiger partial charge in [0, 0.05) is 35.4 Å². The quantitative estimate of drug-likeness (QED) is 0.204. The van der Waals surface area contributed by atoms with Crippen LogP contribution in [0.25, 0.3) is 28.0 Å². The summed E-state index contributed by atoms with van der Waals surface area (Å²) in [7, 11) is 0. The number of carbonyl (C=O) groups excluding carboxylic acids is 1. The third kappa shape index (κ3) is 5.27. The zero-order valence-electron chi connectivity index (χ0n) is 23.5. The summed E-state index contributed by atoms with van der Waals surface area (Å²) in [6, 6.07) is 24.2. The number of nitrogens with two attached hydrogens (primary N) is 1. The largest absolute Gasteiger partial charge is 0.327 e. The maximum atomic E-state index is 14.2. The van der Waals surface area contributed by atoms with E-state index >= 15 is 0 Å². The Morgan fingerprint density at radius 3 is 2.61 bits per heavy atom. The Kier molecular flexibility index (Phi) is 7.03. The SMILES string of the molecule is NC1CCc2ccc(Nc3nccc(-c4c(-c5cccc(NC(=O)c6c(F)cccc6F)c5)nn5ccccc45)n3)cc2C1. The zero-order valence-corrected chi connectivity index (χ0v) is 23.5. The van der Waals surface area contributed by atoms with Gasteiger partial charge in [0.15, 0.2) is 0 Å². The van der Waals surface area contributed by atoms with E-state index in [1.807, 2.05) is 42.6 Å². The fourth-order valence-corrected chi connectivity index (χ4v) is 5.66. The van der Waals surface area contributed by atoms with Crippen molar-refractivity contribution in [2.45, 2.75) is 25.3 Å². The third-order valence-electron chi connectivity index (χ3n) is 7.76. The molecule has 0 saturated carbocycles. The Morgan fingerprint density at radius 2 is 1.75 bits per heavy atom. The van der Waals surface area contributed by atoms with Crippen LogP contribution in [0.4, 0.5) is 26.1 Å². The van der Waals surface area contributed by atoms with Crippen molar-refractivity contribution in [3.05, 3.63) is 126 Å². The molecule has 1 amide bonds. The van der Waals surface area contributed by atoms with Gasteiger partial charge in [0.1, 0.15) is 22.9 Å². The molecule has 0 fully saturated rings. The van der Waals surface area contributed by atoms with Gasteiger partial charge in [0.2, 0.25) is 5.95 Å². The highest BCUT2D eigenvalue weighted by molar-refractivity contribution is 6.05. The fourth-order valence-electron chi connectivity index (χ4n) is 5.66. The number of halogens is 2. The lowest BCUT2D eigenvalue weighted by atomic mass is 9.88. The van der Waals surface area contributed by atoms with Crippen LogP contribution in [0, 0.1) is 11.6 Å². The molecule has 3 heterocycles. The Hall–Kier alpha value is -5.48. The minimum absolute atomic E-state index is 0.166. The third-order valence-corrected chi connectivity index (χ3v) is 7.76. The molecule has 3 aromatic carbocycles. The molecule has 1 atom stereocenters. The lowest BCUT2D eigenvalue weighted by molar-refractivity contribution is 0.101. The molecule has 0 saturated heterocycles. The van der Waals surface area contributed by atoms with Crippen LogP contribution < -0.4 is 16.4 Å². The molecule has 1 unspecified atom stereocenters. The average molecular weight is 588 g/mol. The van der Waals surface area contributed by atoms with E-state index in [0.29, 0.717) is 28.6 Å². The summed E-state index contributed by atoms with van der Waals surface area (Å²) < 4.78 is 30.2. The summed E-state index contributed by atoms with van der Waals surface area (Å²) in [4.78, 5) is 22.1. The molecule has 0 bridgehead atoms. The van der Waals surface area contributed by atoms with E-state index in [0.717, 1.165) is 48.2 Å². The predicted octanol–water partition coefficient (Wildman–Crippen LogP) is 6.55. The Labute approximate surface area is 251 Å². The first-order valence-electron chi connectivity index (χ1n) is 14.2. The number of anilines is 3. The van der Waals surface area contributed by atoms with Crippen LogP contribution in [-0.2, 0) is 12.8 Å². The van der Waals surface area contributed by atoms with Crippen LogP contribution in [0.1, 0.15) is 27.9 Å². The van der Waals surface area contributed by atoms with Gasteiger partial charge in [-0.15, -0.1) is 0 Å². The lowest BCUT2D eigenvalue weighted by Crippen LogP contribution is -2.27. The molecular weight excluding hydrogens is 560 g/mol. The van der Waals surface area contributed by atoms with E-state index in [-0.39, 0.29) is 6.04 Å². The van der Waals surface area contributed by atoms with Gasteiger partial charge in [-0.05, 0) is 85.0 Å². The summed E-state index contributed by atoms with van der Waals surface area (Å²) in [6.07, 6.45) is 6.34. The number of fused-ring (bicyclic) bond motifs is 2. The highest BCUT2D eigenvalue weighted by atomic mass is 19.1. The maximum absolute atomic E-state index is 14.2. The molecule has 4 N–H and O–H groups in total. The van der Waals surface area contributed by atoms with Crippen LogP contribution in [-0.4, -0.2) is 31.5 Å². The molecule has 8 nitrogen and oxygen atoms in total. The van der Waals surface area contributed by atoms with Gasteiger partial charge in [-0.1, -0.05) is 30.3 Å². The van der Waals surface area contributed by atoms with Crippen molar-refractivity contribution >= 4 is 28.7 Å². The molecule has 0 aliphatic heterocycles. The fraction of sp³-hybridized carbons (Fsp3) is 0.118. The zero-order chi connectivity index (χ0) is 30.2. The van der Waals surface area contributed by atoms with Crippen LogP contribution in [0.3, 0.4) is 0 Å². The number of pyridine rings is 1. The molecule has 44 heavy (non-hydrogen) atoms. The number of aromatic nitrogens is 4. The van der Waals surface area contributed by atoms with Crippen molar-refractivity contribution < 1.29 is 13.6 Å². The van der Waals surface area contributed by atoms with Crippen molar-refractivity contribution in [3.8, 4) is 22.5 Å². The number of amides is 1. The lowest BCUT2D eigenvalue weighted by Gasteiger charge is -2.22. The number of benzene rings is 3. The number of carbonyl (C=O) groups is 1. The number of nitrogens with zero attached hydrogens (tertiary/aromatic N) is 4. The summed E-state index contributed by atoms with van der Waals surface area (Å²) in [5.74, 6) is -2.33. The first-order chi connectivity index (χ1) is 21.4. The Morgan fingerprint density at radius 1 is 0.909 bits per heavy atom. The number of aryl methyl sites for hydroxylation is 1. The van der Waals surface area contributed by atoms with E-state index in [9.17, 15) is 13.6 Å². The van der Waals surface area contributed by atoms with Gasteiger partial charge >= 0.3 is 0 Å². The van der Waals surface area contributed by atoms with E-state index in [1.54, 1.807) is 28.9 Å². The van der Waals surface area contributed by atoms with Crippen molar-refractivity contribution in [2.24, 2.45) is 5.73 Å². The molecule has 7 rings (SSSR count). The van der Waals surface area contributed by atoms with Crippen LogP contribution in [0.15, 0.2) is 97.3 Å². The summed E-state index contributed by atoms with van der Waals surface area (Å²) in [6.45, 7) is 0. The van der Waals surface area contributed by atoms with Crippen LogP contribution in [0.5, 0.6) is 0 Å². The first-order valence-corrected chi connectivity index (χ1v) is 14.2. The van der Waals surface area contributed by atoms with E-state index in [4.69, 9.17) is 15.8 Å². The highest BCUT2D eigenvalue weighted by Crippen LogP contribution is 2.36. The van der Waals surface area contributed by atoms with Gasteiger partial charge in [0.05, 0.1) is 16.8 Å². The number of rotatable bonds is 6. The minimum atomic E-state index is -0.937. The van der Waals surface area contributed by atoms with E-state index < -0.39 is 23.1 Å². The number of hydrogen-bond donors (Lipinski definition) is 3. The molecule has 0 radical (unpaired) electrons. The molecule has 3 aromatic heterocycles.